The van der Waals surface area contributed by atoms with E-state index in [1.165, 1.54) is 28.5 Å². The summed E-state index contributed by atoms with van der Waals surface area (Å²) in [4.78, 5) is 0. The van der Waals surface area contributed by atoms with Crippen molar-refractivity contribution in [3.8, 4) is 0 Å². The molecule has 2 atom stereocenters. The fraction of sp³-hybridized carbons (Fsp3) is 0.500. The van der Waals surface area contributed by atoms with Crippen molar-refractivity contribution in [2.45, 2.75) is 38.3 Å². The average Bonchev–Trinajstić information content (AvgIpc) is 3.08. The molecule has 1 aromatic carbocycles. The Morgan fingerprint density at radius 2 is 2.37 bits per heavy atom. The van der Waals surface area contributed by atoms with Crippen LogP contribution >= 0.6 is 11.3 Å². The van der Waals surface area contributed by atoms with E-state index in [9.17, 15) is 0 Å². The number of nitrogens with one attached hydrogen (secondary N) is 1. The number of thiophene rings is 1. The van der Waals surface area contributed by atoms with Crippen LogP contribution < -0.4 is 5.32 Å². The fourth-order valence-electron chi connectivity index (χ4n) is 2.95. The van der Waals surface area contributed by atoms with Gasteiger partial charge in [0.2, 0.25) is 0 Å². The van der Waals surface area contributed by atoms with Gasteiger partial charge in [-0.3, -0.25) is 0 Å². The molecule has 2 aromatic rings. The molecule has 0 amide bonds. The molecule has 1 aliphatic rings. The van der Waals surface area contributed by atoms with E-state index in [-0.39, 0.29) is 0 Å². The van der Waals surface area contributed by atoms with Crippen molar-refractivity contribution in [3.05, 3.63) is 35.2 Å². The van der Waals surface area contributed by atoms with Crippen LogP contribution in [0.3, 0.4) is 0 Å². The normalized spacial score (nSPS) is 21.0. The molecule has 1 aliphatic heterocycles. The highest BCUT2D eigenvalue weighted by Crippen LogP contribution is 2.32. The average molecular weight is 275 g/mol. The van der Waals surface area contributed by atoms with Crippen molar-refractivity contribution in [1.29, 1.82) is 0 Å². The van der Waals surface area contributed by atoms with Crippen LogP contribution in [0.2, 0.25) is 0 Å². The van der Waals surface area contributed by atoms with Gasteiger partial charge in [0, 0.05) is 17.3 Å². The predicted octanol–water partition coefficient (Wildman–Crippen LogP) is 4.12. The second-order valence-electron chi connectivity index (χ2n) is 5.17. The van der Waals surface area contributed by atoms with Gasteiger partial charge in [-0.05, 0) is 48.2 Å². The topological polar surface area (TPSA) is 21.3 Å². The maximum Gasteiger partial charge on any atom is 0.0594 e. The van der Waals surface area contributed by atoms with Crippen molar-refractivity contribution < 1.29 is 4.74 Å². The number of ether oxygens (including phenoxy) is 1. The van der Waals surface area contributed by atoms with E-state index < -0.39 is 0 Å². The van der Waals surface area contributed by atoms with E-state index in [0.29, 0.717) is 12.1 Å². The molecule has 19 heavy (non-hydrogen) atoms. The SMILES string of the molecule is CCNC(CC1CCCO1)c1cccc2ccsc12. The van der Waals surface area contributed by atoms with E-state index in [4.69, 9.17) is 4.74 Å². The van der Waals surface area contributed by atoms with E-state index >= 15 is 0 Å². The maximum absolute atomic E-state index is 5.81. The lowest BCUT2D eigenvalue weighted by atomic mass is 9.98. The first-order valence-electron chi connectivity index (χ1n) is 7.19. The lowest BCUT2D eigenvalue weighted by Crippen LogP contribution is -2.25. The molecule has 3 rings (SSSR count). The zero-order chi connectivity index (χ0) is 13.1. The van der Waals surface area contributed by atoms with Gasteiger partial charge in [-0.1, -0.05) is 25.1 Å². The van der Waals surface area contributed by atoms with Gasteiger partial charge in [-0.15, -0.1) is 11.3 Å². The summed E-state index contributed by atoms with van der Waals surface area (Å²) in [6.07, 6.45) is 3.94. The van der Waals surface area contributed by atoms with Crippen molar-refractivity contribution in [2.24, 2.45) is 0 Å². The molecule has 0 aliphatic carbocycles. The van der Waals surface area contributed by atoms with Crippen LogP contribution in [-0.4, -0.2) is 19.3 Å². The molecule has 2 heterocycles. The first-order valence-corrected chi connectivity index (χ1v) is 8.07. The standard InChI is InChI=1S/C16H21NOS/c1-2-17-15(11-13-6-4-9-18-13)14-7-3-5-12-8-10-19-16(12)14/h3,5,7-8,10,13,15,17H,2,4,6,9,11H2,1H3. The Balaban J connectivity index is 1.87. The molecular weight excluding hydrogens is 254 g/mol. The minimum absolute atomic E-state index is 0.412. The molecule has 1 saturated heterocycles. The van der Waals surface area contributed by atoms with Crippen LogP contribution in [0.5, 0.6) is 0 Å². The molecule has 0 saturated carbocycles. The molecule has 3 heteroatoms. The zero-order valence-corrected chi connectivity index (χ0v) is 12.2. The Hall–Kier alpha value is -0.900. The van der Waals surface area contributed by atoms with Crippen LogP contribution in [0.4, 0.5) is 0 Å². The highest BCUT2D eigenvalue weighted by molar-refractivity contribution is 7.17. The third kappa shape index (κ3) is 2.83. The van der Waals surface area contributed by atoms with Gasteiger partial charge in [-0.2, -0.15) is 0 Å². The molecule has 0 radical (unpaired) electrons. The second-order valence-corrected chi connectivity index (χ2v) is 6.08. The lowest BCUT2D eigenvalue weighted by Gasteiger charge is -2.22. The minimum Gasteiger partial charge on any atom is -0.378 e. The van der Waals surface area contributed by atoms with Gasteiger partial charge in [0.15, 0.2) is 0 Å². The third-order valence-corrected chi connectivity index (χ3v) is 4.84. The molecule has 1 N–H and O–H groups in total. The maximum atomic E-state index is 5.81. The highest BCUT2D eigenvalue weighted by Gasteiger charge is 2.22. The fourth-order valence-corrected chi connectivity index (χ4v) is 3.92. The molecule has 2 nitrogen and oxygen atoms in total. The first-order chi connectivity index (χ1) is 9.38. The zero-order valence-electron chi connectivity index (χ0n) is 11.4. The molecular formula is C16H21NOS. The number of fused-ring (bicyclic) bond motifs is 1. The largest absolute Gasteiger partial charge is 0.378 e. The van der Waals surface area contributed by atoms with Crippen molar-refractivity contribution in [1.82, 2.24) is 5.32 Å². The minimum atomic E-state index is 0.412. The summed E-state index contributed by atoms with van der Waals surface area (Å²) in [5, 5.41) is 7.18. The summed E-state index contributed by atoms with van der Waals surface area (Å²) in [6.45, 7) is 4.11. The van der Waals surface area contributed by atoms with Crippen LogP contribution in [0.15, 0.2) is 29.6 Å². The first kappa shape index (κ1) is 13.1. The Morgan fingerprint density at radius 1 is 1.42 bits per heavy atom. The highest BCUT2D eigenvalue weighted by atomic mass is 32.1. The molecule has 1 fully saturated rings. The van der Waals surface area contributed by atoms with Gasteiger partial charge in [0.25, 0.3) is 0 Å². The smallest absolute Gasteiger partial charge is 0.0594 e. The quantitative estimate of drug-likeness (QED) is 0.886. The number of hydrogen-bond acceptors (Lipinski definition) is 3. The van der Waals surface area contributed by atoms with E-state index in [1.807, 2.05) is 11.3 Å². The Labute approximate surface area is 118 Å². The van der Waals surface area contributed by atoms with Crippen LogP contribution in [0.1, 0.15) is 37.8 Å². The van der Waals surface area contributed by atoms with Gasteiger partial charge >= 0.3 is 0 Å². The lowest BCUT2D eigenvalue weighted by molar-refractivity contribution is 0.0949. The molecule has 0 spiro atoms. The van der Waals surface area contributed by atoms with Gasteiger partial charge in [0.05, 0.1) is 6.10 Å². The van der Waals surface area contributed by atoms with Crippen molar-refractivity contribution >= 4 is 21.4 Å². The van der Waals surface area contributed by atoms with E-state index in [0.717, 1.165) is 19.6 Å². The van der Waals surface area contributed by atoms with Crippen LogP contribution in [-0.2, 0) is 4.74 Å². The van der Waals surface area contributed by atoms with Crippen molar-refractivity contribution in [2.75, 3.05) is 13.2 Å². The molecule has 0 bridgehead atoms. The summed E-state index contributed by atoms with van der Waals surface area (Å²) in [7, 11) is 0. The Bertz CT molecular complexity index is 530. The second kappa shape index (κ2) is 6.04. The third-order valence-electron chi connectivity index (χ3n) is 3.86. The molecule has 2 unspecified atom stereocenters. The summed E-state index contributed by atoms with van der Waals surface area (Å²) >= 11 is 1.85. The molecule has 102 valence electrons. The van der Waals surface area contributed by atoms with Gasteiger partial charge < -0.3 is 10.1 Å². The molecule has 1 aromatic heterocycles. The number of hydrogen-bond donors (Lipinski definition) is 1. The summed E-state index contributed by atoms with van der Waals surface area (Å²) in [6, 6.07) is 9.25. The van der Waals surface area contributed by atoms with E-state index in [1.54, 1.807) is 0 Å². The van der Waals surface area contributed by atoms with Crippen molar-refractivity contribution in [3.63, 3.8) is 0 Å². The summed E-state index contributed by atoms with van der Waals surface area (Å²) in [5.41, 5.74) is 1.44. The Morgan fingerprint density at radius 3 is 3.16 bits per heavy atom. The van der Waals surface area contributed by atoms with Gasteiger partial charge in [0.1, 0.15) is 0 Å². The number of rotatable bonds is 5. The number of benzene rings is 1. The monoisotopic (exact) mass is 275 g/mol. The van der Waals surface area contributed by atoms with E-state index in [2.05, 4.69) is 41.9 Å². The van der Waals surface area contributed by atoms with Gasteiger partial charge in [-0.25, -0.2) is 0 Å². The summed E-state index contributed by atoms with van der Waals surface area (Å²) in [5.74, 6) is 0. The Kier molecular flexibility index (Phi) is 4.16. The van der Waals surface area contributed by atoms with Crippen LogP contribution in [0, 0.1) is 0 Å². The predicted molar refractivity (Wildman–Crippen MR) is 81.8 cm³/mol. The van der Waals surface area contributed by atoms with Crippen LogP contribution in [0.25, 0.3) is 10.1 Å². The summed E-state index contributed by atoms with van der Waals surface area (Å²) < 4.78 is 7.23.